The molecule has 1 nitrogen and oxygen atoms in total. The van der Waals surface area contributed by atoms with E-state index in [0.29, 0.717) is 5.92 Å². The van der Waals surface area contributed by atoms with E-state index in [0.717, 1.165) is 12.3 Å². The molecule has 2 atom stereocenters. The van der Waals surface area contributed by atoms with Crippen LogP contribution in [0.4, 0.5) is 0 Å². The van der Waals surface area contributed by atoms with Crippen molar-refractivity contribution in [1.82, 2.24) is 4.98 Å². The van der Waals surface area contributed by atoms with Crippen LogP contribution in [0.3, 0.4) is 0 Å². The van der Waals surface area contributed by atoms with E-state index >= 15 is 0 Å². The molecule has 1 heteroatoms. The van der Waals surface area contributed by atoms with Gasteiger partial charge in [0.05, 0.1) is 0 Å². The van der Waals surface area contributed by atoms with Gasteiger partial charge in [0.1, 0.15) is 0 Å². The van der Waals surface area contributed by atoms with E-state index in [1.165, 1.54) is 22.9 Å². The average molecular weight is 213 g/mol. The summed E-state index contributed by atoms with van der Waals surface area (Å²) in [7, 11) is 0. The highest BCUT2D eigenvalue weighted by molar-refractivity contribution is 5.88. The number of hydrogen-bond donors (Lipinski definition) is 1. The van der Waals surface area contributed by atoms with Crippen molar-refractivity contribution in [2.45, 2.75) is 45.4 Å². The number of benzene rings is 1. The minimum Gasteiger partial charge on any atom is -0.361 e. The van der Waals surface area contributed by atoms with Gasteiger partial charge in [0.2, 0.25) is 0 Å². The second-order valence-corrected chi connectivity index (χ2v) is 5.20. The van der Waals surface area contributed by atoms with Crippen LogP contribution in [-0.4, -0.2) is 4.98 Å². The van der Waals surface area contributed by atoms with Crippen LogP contribution in [0.5, 0.6) is 0 Å². The quantitative estimate of drug-likeness (QED) is 0.725. The normalized spacial score (nSPS) is 23.9. The van der Waals surface area contributed by atoms with Gasteiger partial charge < -0.3 is 4.98 Å². The van der Waals surface area contributed by atoms with Gasteiger partial charge in [-0.1, -0.05) is 26.8 Å². The smallest absolute Gasteiger partial charge is 0.0494 e. The second-order valence-electron chi connectivity index (χ2n) is 5.20. The van der Waals surface area contributed by atoms with Crippen molar-refractivity contribution in [2.75, 3.05) is 0 Å². The van der Waals surface area contributed by atoms with E-state index in [1.807, 2.05) is 0 Å². The summed E-state index contributed by atoms with van der Waals surface area (Å²) in [6.07, 6.45) is 4.51. The minimum absolute atomic E-state index is 0.706. The van der Waals surface area contributed by atoms with Crippen molar-refractivity contribution in [2.24, 2.45) is 0 Å². The molecule has 1 aromatic heterocycles. The van der Waals surface area contributed by atoms with Crippen LogP contribution in [0.25, 0.3) is 10.9 Å². The highest BCUT2D eigenvalue weighted by Crippen LogP contribution is 2.45. The van der Waals surface area contributed by atoms with E-state index in [2.05, 4.69) is 44.1 Å². The maximum atomic E-state index is 3.45. The van der Waals surface area contributed by atoms with Gasteiger partial charge in [-0.25, -0.2) is 0 Å². The molecule has 0 aliphatic heterocycles. The fraction of sp³-hybridized carbons (Fsp3) is 0.467. The Bertz CT molecular complexity index is 536. The van der Waals surface area contributed by atoms with Crippen molar-refractivity contribution in [3.05, 3.63) is 35.0 Å². The lowest BCUT2D eigenvalue weighted by atomic mass is 9.95. The maximum absolute atomic E-state index is 3.45. The maximum Gasteiger partial charge on any atom is 0.0494 e. The first-order valence-electron chi connectivity index (χ1n) is 6.35. The van der Waals surface area contributed by atoms with Crippen LogP contribution in [0.1, 0.15) is 55.7 Å². The first-order chi connectivity index (χ1) is 7.72. The Morgan fingerprint density at radius 1 is 1.31 bits per heavy atom. The van der Waals surface area contributed by atoms with Crippen molar-refractivity contribution in [3.63, 3.8) is 0 Å². The molecule has 0 amide bonds. The summed E-state index contributed by atoms with van der Waals surface area (Å²) in [5.41, 5.74) is 6.05. The van der Waals surface area contributed by atoms with E-state index in [4.69, 9.17) is 0 Å². The molecule has 0 saturated carbocycles. The molecule has 84 valence electrons. The lowest BCUT2D eigenvalue weighted by Crippen LogP contribution is -1.93. The molecule has 1 aliphatic carbocycles. The molecule has 0 saturated heterocycles. The molecular formula is C15H19N. The summed E-state index contributed by atoms with van der Waals surface area (Å²) in [6.45, 7) is 6.96. The molecule has 1 aliphatic rings. The van der Waals surface area contributed by atoms with Gasteiger partial charge in [-0.2, -0.15) is 0 Å². The SMILES string of the molecule is CCc1cc2c(c3[nH]ccc13)[C@@H](C)C[C@H]2C. The van der Waals surface area contributed by atoms with Crippen LogP contribution in [-0.2, 0) is 6.42 Å². The number of hydrogen-bond acceptors (Lipinski definition) is 0. The Balaban J connectivity index is 2.39. The number of aryl methyl sites for hydroxylation is 1. The Hall–Kier alpha value is -1.24. The van der Waals surface area contributed by atoms with Crippen LogP contribution in [0.2, 0.25) is 0 Å². The summed E-state index contributed by atoms with van der Waals surface area (Å²) in [6, 6.07) is 4.67. The van der Waals surface area contributed by atoms with Gasteiger partial charge in [0, 0.05) is 17.1 Å². The predicted molar refractivity (Wildman–Crippen MR) is 69.1 cm³/mol. The minimum atomic E-state index is 0.706. The zero-order chi connectivity index (χ0) is 11.3. The van der Waals surface area contributed by atoms with Gasteiger partial charge in [0.15, 0.2) is 0 Å². The van der Waals surface area contributed by atoms with Gasteiger partial charge in [-0.15, -0.1) is 0 Å². The number of aromatic amines is 1. The van der Waals surface area contributed by atoms with Crippen molar-refractivity contribution >= 4 is 10.9 Å². The highest BCUT2D eigenvalue weighted by atomic mass is 14.7. The largest absolute Gasteiger partial charge is 0.361 e. The van der Waals surface area contributed by atoms with E-state index in [9.17, 15) is 0 Å². The van der Waals surface area contributed by atoms with Gasteiger partial charge in [-0.3, -0.25) is 0 Å². The Morgan fingerprint density at radius 2 is 2.12 bits per heavy atom. The van der Waals surface area contributed by atoms with Crippen LogP contribution < -0.4 is 0 Å². The molecule has 0 fully saturated rings. The molecule has 1 heterocycles. The molecule has 0 unspecified atom stereocenters. The lowest BCUT2D eigenvalue weighted by molar-refractivity contribution is 0.662. The van der Waals surface area contributed by atoms with Gasteiger partial charge >= 0.3 is 0 Å². The van der Waals surface area contributed by atoms with Crippen LogP contribution >= 0.6 is 0 Å². The number of H-pyrrole nitrogens is 1. The average Bonchev–Trinajstić information content (AvgIpc) is 2.83. The number of fused-ring (bicyclic) bond motifs is 3. The van der Waals surface area contributed by atoms with E-state index in [-0.39, 0.29) is 0 Å². The molecule has 1 aromatic carbocycles. The van der Waals surface area contributed by atoms with Crippen LogP contribution in [0, 0.1) is 0 Å². The van der Waals surface area contributed by atoms with Crippen molar-refractivity contribution in [1.29, 1.82) is 0 Å². The fourth-order valence-electron chi connectivity index (χ4n) is 3.35. The molecular weight excluding hydrogens is 194 g/mol. The molecule has 1 N–H and O–H groups in total. The number of aromatic nitrogens is 1. The van der Waals surface area contributed by atoms with E-state index < -0.39 is 0 Å². The first kappa shape index (κ1) is 9.95. The molecule has 0 radical (unpaired) electrons. The summed E-state index contributed by atoms with van der Waals surface area (Å²) in [5.74, 6) is 1.43. The van der Waals surface area contributed by atoms with Gasteiger partial charge in [-0.05, 0) is 47.4 Å². The third-order valence-corrected chi connectivity index (χ3v) is 4.11. The standard InChI is InChI=1S/C15H19N/c1-4-11-8-13-9(2)7-10(3)14(13)15-12(11)5-6-16-15/h5-6,8-10,16H,4,7H2,1-3H3/t9-,10+/m1/s1. The third-order valence-electron chi connectivity index (χ3n) is 4.11. The summed E-state index contributed by atoms with van der Waals surface area (Å²) >= 11 is 0. The van der Waals surface area contributed by atoms with Crippen molar-refractivity contribution in [3.8, 4) is 0 Å². The second kappa shape index (κ2) is 3.38. The molecule has 0 bridgehead atoms. The first-order valence-corrected chi connectivity index (χ1v) is 6.35. The molecule has 3 rings (SSSR count). The highest BCUT2D eigenvalue weighted by Gasteiger charge is 2.28. The fourth-order valence-corrected chi connectivity index (χ4v) is 3.35. The molecule has 16 heavy (non-hydrogen) atoms. The molecule has 2 aromatic rings. The summed E-state index contributed by atoms with van der Waals surface area (Å²) in [5, 5.41) is 1.43. The third kappa shape index (κ3) is 1.17. The Labute approximate surface area is 96.9 Å². The Morgan fingerprint density at radius 3 is 2.88 bits per heavy atom. The summed E-state index contributed by atoms with van der Waals surface area (Å²) in [4.78, 5) is 3.45. The monoisotopic (exact) mass is 213 g/mol. The summed E-state index contributed by atoms with van der Waals surface area (Å²) < 4.78 is 0. The van der Waals surface area contributed by atoms with E-state index in [1.54, 1.807) is 11.1 Å². The molecule has 0 spiro atoms. The van der Waals surface area contributed by atoms with Gasteiger partial charge in [0.25, 0.3) is 0 Å². The Kier molecular flexibility index (Phi) is 2.10. The predicted octanol–water partition coefficient (Wildman–Crippen LogP) is 4.34. The van der Waals surface area contributed by atoms with Crippen LogP contribution in [0.15, 0.2) is 18.3 Å². The lowest BCUT2D eigenvalue weighted by Gasteiger charge is -2.10. The zero-order valence-corrected chi connectivity index (χ0v) is 10.3. The topological polar surface area (TPSA) is 15.8 Å². The zero-order valence-electron chi connectivity index (χ0n) is 10.3. The number of rotatable bonds is 1. The number of nitrogens with one attached hydrogen (secondary N) is 1. The van der Waals surface area contributed by atoms with Crippen molar-refractivity contribution < 1.29 is 0 Å².